The maximum atomic E-state index is 12.2. The molecule has 0 saturated heterocycles. The van der Waals surface area contributed by atoms with E-state index in [0.29, 0.717) is 0 Å². The van der Waals surface area contributed by atoms with Crippen LogP contribution in [0.15, 0.2) is 0 Å². The highest BCUT2D eigenvalue weighted by Crippen LogP contribution is 2.26. The molecular formula is C6H9F5O2. The zero-order valence-electron chi connectivity index (χ0n) is 6.68. The fraction of sp³-hybridized carbons (Fsp3) is 1.00. The average Bonchev–Trinajstić information content (AvgIpc) is 2.01. The van der Waals surface area contributed by atoms with Gasteiger partial charge in [-0.3, -0.25) is 0 Å². The summed E-state index contributed by atoms with van der Waals surface area (Å²) in [5, 5.41) is 8.40. The van der Waals surface area contributed by atoms with Crippen LogP contribution in [0.5, 0.6) is 0 Å². The van der Waals surface area contributed by atoms with Gasteiger partial charge in [0.2, 0.25) is 12.5 Å². The van der Waals surface area contributed by atoms with Crippen LogP contribution in [-0.4, -0.2) is 30.1 Å². The van der Waals surface area contributed by atoms with Crippen molar-refractivity contribution in [2.24, 2.45) is 0 Å². The number of rotatable bonds is 4. The van der Waals surface area contributed by atoms with Gasteiger partial charge < -0.3 is 9.84 Å². The third-order valence-electron chi connectivity index (χ3n) is 1.17. The number of ether oxygens (including phenoxy) is 1. The van der Waals surface area contributed by atoms with Crippen molar-refractivity contribution >= 4 is 0 Å². The molecule has 1 N–H and O–H groups in total. The molecule has 0 fully saturated rings. The second-order valence-corrected chi connectivity index (χ2v) is 2.29. The Kier molecular flexibility index (Phi) is 4.55. The smallest absolute Gasteiger partial charge is 0.365 e. The van der Waals surface area contributed by atoms with Gasteiger partial charge in [0.05, 0.1) is 0 Å². The van der Waals surface area contributed by atoms with Crippen molar-refractivity contribution in [3.63, 3.8) is 0 Å². The van der Waals surface area contributed by atoms with Gasteiger partial charge in [-0.2, -0.15) is 13.2 Å². The van der Waals surface area contributed by atoms with Crippen LogP contribution in [0.3, 0.4) is 0 Å². The van der Waals surface area contributed by atoms with E-state index in [0.717, 1.165) is 0 Å². The lowest BCUT2D eigenvalue weighted by molar-refractivity contribution is -0.277. The van der Waals surface area contributed by atoms with Crippen LogP contribution in [0.4, 0.5) is 22.0 Å². The summed E-state index contributed by atoms with van der Waals surface area (Å²) in [5.74, 6) is 0. The highest BCUT2D eigenvalue weighted by molar-refractivity contribution is 4.68. The molecule has 0 rings (SSSR count). The molecule has 3 unspecified atom stereocenters. The Balaban J connectivity index is 4.03. The van der Waals surface area contributed by atoms with Gasteiger partial charge in [0.25, 0.3) is 0 Å². The number of halogens is 5. The van der Waals surface area contributed by atoms with Crippen LogP contribution in [0.25, 0.3) is 0 Å². The Morgan fingerprint density at radius 1 is 1.31 bits per heavy atom. The molecular weight excluding hydrogens is 199 g/mol. The highest BCUT2D eigenvalue weighted by Gasteiger charge is 2.46. The Bertz CT molecular complexity index is 148. The molecule has 0 aliphatic rings. The lowest BCUT2D eigenvalue weighted by Gasteiger charge is -2.19. The van der Waals surface area contributed by atoms with Crippen molar-refractivity contribution in [1.82, 2.24) is 0 Å². The van der Waals surface area contributed by atoms with Crippen molar-refractivity contribution in [2.45, 2.75) is 38.3 Å². The molecule has 0 radical (unpaired) electrons. The van der Waals surface area contributed by atoms with Gasteiger partial charge in [0.15, 0.2) is 6.29 Å². The van der Waals surface area contributed by atoms with Crippen LogP contribution in [0.2, 0.25) is 0 Å². The van der Waals surface area contributed by atoms with E-state index < -0.39 is 25.0 Å². The lowest BCUT2D eigenvalue weighted by Crippen LogP contribution is -2.39. The molecule has 0 bridgehead atoms. The molecule has 0 heterocycles. The molecule has 0 saturated carbocycles. The van der Waals surface area contributed by atoms with Crippen LogP contribution in [0, 0.1) is 0 Å². The fourth-order valence-electron chi connectivity index (χ4n) is 0.478. The second-order valence-electron chi connectivity index (χ2n) is 2.29. The lowest BCUT2D eigenvalue weighted by atomic mass is 10.3. The van der Waals surface area contributed by atoms with Crippen LogP contribution in [0.1, 0.15) is 13.3 Å². The number of hydrogen-bond donors (Lipinski definition) is 1. The predicted octanol–water partition coefficient (Wildman–Crippen LogP) is 1.93. The summed E-state index contributed by atoms with van der Waals surface area (Å²) >= 11 is 0. The minimum Gasteiger partial charge on any atom is -0.365 e. The molecule has 7 heteroatoms. The van der Waals surface area contributed by atoms with E-state index in [2.05, 4.69) is 4.74 Å². The van der Waals surface area contributed by atoms with Gasteiger partial charge >= 0.3 is 6.18 Å². The van der Waals surface area contributed by atoms with Gasteiger partial charge in [0, 0.05) is 6.42 Å². The highest BCUT2D eigenvalue weighted by atomic mass is 19.4. The maximum absolute atomic E-state index is 12.2. The number of aliphatic hydroxyl groups is 1. The van der Waals surface area contributed by atoms with E-state index >= 15 is 0 Å². The van der Waals surface area contributed by atoms with Gasteiger partial charge in [-0.15, -0.1) is 0 Å². The summed E-state index contributed by atoms with van der Waals surface area (Å²) in [4.78, 5) is 0. The summed E-state index contributed by atoms with van der Waals surface area (Å²) in [6, 6.07) is 0. The Hall–Kier alpha value is -0.430. The molecule has 13 heavy (non-hydrogen) atoms. The van der Waals surface area contributed by atoms with Crippen LogP contribution >= 0.6 is 0 Å². The molecule has 0 aromatic carbocycles. The number of hydrogen-bond acceptors (Lipinski definition) is 2. The minimum absolute atomic E-state index is 0.262. The van der Waals surface area contributed by atoms with E-state index in [1.807, 2.05) is 0 Å². The first-order chi connectivity index (χ1) is 5.79. The monoisotopic (exact) mass is 208 g/mol. The van der Waals surface area contributed by atoms with Gasteiger partial charge in [-0.25, -0.2) is 8.78 Å². The number of alkyl halides is 5. The predicted molar refractivity (Wildman–Crippen MR) is 33.2 cm³/mol. The first kappa shape index (κ1) is 12.6. The summed E-state index contributed by atoms with van der Waals surface area (Å²) in [6.07, 6.45) is -14.0. The summed E-state index contributed by atoms with van der Waals surface area (Å²) < 4.78 is 62.6. The van der Waals surface area contributed by atoms with E-state index in [1.54, 1.807) is 0 Å². The standard InChI is InChI=1S/C6H9F5O2/c1-2-3(7)13-5(12)4(8)6(9,10)11/h3-5,12H,2H2,1H3. The van der Waals surface area contributed by atoms with Crippen molar-refractivity contribution in [3.8, 4) is 0 Å². The molecule has 2 nitrogen and oxygen atoms in total. The van der Waals surface area contributed by atoms with E-state index in [9.17, 15) is 22.0 Å². The normalized spacial score (nSPS) is 19.6. The first-order valence-corrected chi connectivity index (χ1v) is 3.47. The SMILES string of the molecule is CCC(F)OC(O)C(F)C(F)(F)F. The second kappa shape index (κ2) is 4.71. The zero-order valence-corrected chi connectivity index (χ0v) is 6.68. The average molecular weight is 208 g/mol. The maximum Gasteiger partial charge on any atom is 0.424 e. The van der Waals surface area contributed by atoms with Crippen molar-refractivity contribution in [1.29, 1.82) is 0 Å². The Labute approximate surface area is 71.3 Å². The third kappa shape index (κ3) is 4.37. The molecule has 0 spiro atoms. The Morgan fingerprint density at radius 3 is 2.08 bits per heavy atom. The molecule has 0 amide bonds. The fourth-order valence-corrected chi connectivity index (χ4v) is 0.478. The van der Waals surface area contributed by atoms with Crippen LogP contribution in [-0.2, 0) is 4.74 Å². The molecule has 0 aromatic rings. The molecule has 0 aliphatic carbocycles. The van der Waals surface area contributed by atoms with Gasteiger partial charge in [-0.05, 0) is 0 Å². The van der Waals surface area contributed by atoms with E-state index in [-0.39, 0.29) is 6.42 Å². The largest absolute Gasteiger partial charge is 0.424 e. The number of aliphatic hydroxyl groups excluding tert-OH is 1. The van der Waals surface area contributed by atoms with Gasteiger partial charge in [0.1, 0.15) is 0 Å². The van der Waals surface area contributed by atoms with Crippen molar-refractivity contribution in [2.75, 3.05) is 0 Å². The zero-order chi connectivity index (χ0) is 10.6. The van der Waals surface area contributed by atoms with Crippen LogP contribution < -0.4 is 0 Å². The molecule has 0 aromatic heterocycles. The quantitative estimate of drug-likeness (QED) is 0.565. The minimum atomic E-state index is -5.24. The molecule has 0 aliphatic heterocycles. The van der Waals surface area contributed by atoms with Gasteiger partial charge in [-0.1, -0.05) is 6.92 Å². The summed E-state index contributed by atoms with van der Waals surface area (Å²) in [5.41, 5.74) is 0. The van der Waals surface area contributed by atoms with Crippen molar-refractivity contribution in [3.05, 3.63) is 0 Å². The van der Waals surface area contributed by atoms with E-state index in [4.69, 9.17) is 5.11 Å². The Morgan fingerprint density at radius 2 is 1.77 bits per heavy atom. The molecule has 3 atom stereocenters. The summed E-state index contributed by atoms with van der Waals surface area (Å²) in [6.45, 7) is 1.28. The van der Waals surface area contributed by atoms with E-state index in [1.165, 1.54) is 6.92 Å². The third-order valence-corrected chi connectivity index (χ3v) is 1.17. The van der Waals surface area contributed by atoms with Crippen molar-refractivity contribution < 1.29 is 31.8 Å². The topological polar surface area (TPSA) is 29.5 Å². The molecule has 80 valence electrons. The summed E-state index contributed by atoms with van der Waals surface area (Å²) in [7, 11) is 0. The first-order valence-electron chi connectivity index (χ1n) is 3.47.